The first kappa shape index (κ1) is 20.4. The van der Waals surface area contributed by atoms with Crippen LogP contribution in [0.5, 0.6) is 5.75 Å². The van der Waals surface area contributed by atoms with Crippen LogP contribution in [0.1, 0.15) is 23.2 Å². The van der Waals surface area contributed by atoms with Gasteiger partial charge in [-0.05, 0) is 31.0 Å². The third-order valence-electron chi connectivity index (χ3n) is 4.76. The van der Waals surface area contributed by atoms with Gasteiger partial charge < -0.3 is 15.4 Å². The van der Waals surface area contributed by atoms with E-state index in [4.69, 9.17) is 9.57 Å². The van der Waals surface area contributed by atoms with Crippen molar-refractivity contribution in [3.8, 4) is 11.4 Å². The maximum atomic E-state index is 12.5. The molecular formula is C21H22N6O4. The molecule has 2 aromatic heterocycles. The summed E-state index contributed by atoms with van der Waals surface area (Å²) < 4.78 is 7.30. The molecule has 0 radical (unpaired) electrons. The van der Waals surface area contributed by atoms with Gasteiger partial charge in [0.1, 0.15) is 11.5 Å². The van der Waals surface area contributed by atoms with E-state index < -0.39 is 5.91 Å². The maximum Gasteiger partial charge on any atom is 0.278 e. The van der Waals surface area contributed by atoms with Crippen molar-refractivity contribution in [3.05, 3.63) is 54.5 Å². The van der Waals surface area contributed by atoms with Crippen LogP contribution in [0, 0.1) is 5.92 Å². The number of hydrogen-bond donors (Lipinski definition) is 3. The van der Waals surface area contributed by atoms with Gasteiger partial charge in [-0.15, -0.1) is 0 Å². The Balaban J connectivity index is 1.71. The number of anilines is 3. The van der Waals surface area contributed by atoms with E-state index in [1.165, 1.54) is 13.3 Å². The topological polar surface area (TPSA) is 119 Å². The van der Waals surface area contributed by atoms with Crippen molar-refractivity contribution in [1.82, 2.24) is 20.2 Å². The average molecular weight is 422 g/mol. The molecule has 10 heteroatoms. The molecule has 1 fully saturated rings. The van der Waals surface area contributed by atoms with E-state index in [0.717, 1.165) is 18.5 Å². The lowest BCUT2D eigenvalue weighted by atomic mass is 10.2. The van der Waals surface area contributed by atoms with E-state index in [9.17, 15) is 9.59 Å². The van der Waals surface area contributed by atoms with Crippen molar-refractivity contribution in [1.29, 1.82) is 0 Å². The summed E-state index contributed by atoms with van der Waals surface area (Å²) >= 11 is 0. The van der Waals surface area contributed by atoms with Crippen LogP contribution in [0.15, 0.2) is 48.9 Å². The minimum atomic E-state index is -0.486. The Morgan fingerprint density at radius 3 is 2.68 bits per heavy atom. The number of aromatic nitrogens is 3. The van der Waals surface area contributed by atoms with Crippen LogP contribution in [0.4, 0.5) is 17.2 Å². The fourth-order valence-corrected chi connectivity index (χ4v) is 3.10. The summed E-state index contributed by atoms with van der Waals surface area (Å²) in [6.07, 6.45) is 6.61. The van der Waals surface area contributed by atoms with Gasteiger partial charge in [0.2, 0.25) is 5.91 Å². The zero-order valence-corrected chi connectivity index (χ0v) is 17.1. The van der Waals surface area contributed by atoms with Crippen molar-refractivity contribution in [2.45, 2.75) is 12.8 Å². The second kappa shape index (κ2) is 8.84. The Morgan fingerprint density at radius 2 is 2.00 bits per heavy atom. The summed E-state index contributed by atoms with van der Waals surface area (Å²) in [5.41, 5.74) is 4.27. The standard InChI is InChI=1S/C21H22N6O4/c1-30-19-15(5-3-6-17(19)27-10-4-9-23-27)24-16-11-18(25-20(28)13-7-8-13)22-12-14(16)21(29)26-31-2/h3-6,9-13H,7-8H2,1-2H3,(H,26,29)(H2,22,24,25,28). The first-order valence-corrected chi connectivity index (χ1v) is 9.69. The molecule has 1 aliphatic carbocycles. The highest BCUT2D eigenvalue weighted by atomic mass is 16.6. The fourth-order valence-electron chi connectivity index (χ4n) is 3.10. The molecule has 0 atom stereocenters. The Bertz CT molecular complexity index is 1100. The van der Waals surface area contributed by atoms with E-state index in [2.05, 4.69) is 26.2 Å². The van der Waals surface area contributed by atoms with Crippen LogP contribution in [0.3, 0.4) is 0 Å². The lowest BCUT2D eigenvalue weighted by Crippen LogP contribution is -2.23. The van der Waals surface area contributed by atoms with Crippen LogP contribution >= 0.6 is 0 Å². The Labute approximate surface area is 178 Å². The summed E-state index contributed by atoms with van der Waals surface area (Å²) in [7, 11) is 2.90. The third kappa shape index (κ3) is 4.48. The number of amides is 2. The smallest absolute Gasteiger partial charge is 0.278 e. The minimum Gasteiger partial charge on any atom is -0.492 e. The van der Waals surface area contributed by atoms with Crippen LogP contribution in [0.2, 0.25) is 0 Å². The van der Waals surface area contributed by atoms with E-state index in [-0.39, 0.29) is 17.4 Å². The molecule has 0 saturated heterocycles. The monoisotopic (exact) mass is 422 g/mol. The predicted molar refractivity (Wildman–Crippen MR) is 113 cm³/mol. The normalized spacial score (nSPS) is 12.8. The lowest BCUT2D eigenvalue weighted by molar-refractivity contribution is -0.117. The predicted octanol–water partition coefficient (Wildman–Crippen LogP) is 2.66. The van der Waals surface area contributed by atoms with Crippen LogP contribution in [-0.4, -0.2) is 40.8 Å². The van der Waals surface area contributed by atoms with Gasteiger partial charge in [0.25, 0.3) is 5.91 Å². The van der Waals surface area contributed by atoms with E-state index >= 15 is 0 Å². The number of benzene rings is 1. The molecular weight excluding hydrogens is 400 g/mol. The molecule has 1 aromatic carbocycles. The molecule has 0 spiro atoms. The minimum absolute atomic E-state index is 0.0283. The molecule has 3 N–H and O–H groups in total. The summed E-state index contributed by atoms with van der Waals surface area (Å²) in [6, 6.07) is 8.93. The molecule has 4 rings (SSSR count). The van der Waals surface area contributed by atoms with Crippen molar-refractivity contribution >= 4 is 29.0 Å². The van der Waals surface area contributed by atoms with Gasteiger partial charge in [0.05, 0.1) is 31.2 Å². The van der Waals surface area contributed by atoms with Crippen molar-refractivity contribution in [2.75, 3.05) is 24.9 Å². The molecule has 0 bridgehead atoms. The number of carbonyl (C=O) groups excluding carboxylic acids is 2. The largest absolute Gasteiger partial charge is 0.492 e. The molecule has 0 unspecified atom stereocenters. The molecule has 1 aliphatic rings. The van der Waals surface area contributed by atoms with Crippen LogP contribution in [-0.2, 0) is 9.63 Å². The van der Waals surface area contributed by atoms with E-state index in [0.29, 0.717) is 22.9 Å². The first-order valence-electron chi connectivity index (χ1n) is 9.69. The van der Waals surface area contributed by atoms with Gasteiger partial charge in [-0.1, -0.05) is 6.07 Å². The Kier molecular flexibility index (Phi) is 5.80. The lowest BCUT2D eigenvalue weighted by Gasteiger charge is -2.17. The number of hydroxylamine groups is 1. The quantitative estimate of drug-likeness (QED) is 0.478. The van der Waals surface area contributed by atoms with Gasteiger partial charge in [-0.3, -0.25) is 14.4 Å². The number of rotatable bonds is 8. The molecule has 0 aliphatic heterocycles. The highest BCUT2D eigenvalue weighted by Crippen LogP contribution is 2.35. The number of hydrogen-bond acceptors (Lipinski definition) is 7. The van der Waals surface area contributed by atoms with Gasteiger partial charge in [-0.2, -0.15) is 5.10 Å². The fraction of sp³-hybridized carbons (Fsp3) is 0.238. The maximum absolute atomic E-state index is 12.5. The number of ether oxygens (including phenoxy) is 1. The number of methoxy groups -OCH3 is 1. The van der Waals surface area contributed by atoms with E-state index in [1.807, 2.05) is 24.3 Å². The van der Waals surface area contributed by atoms with E-state index in [1.54, 1.807) is 30.3 Å². The molecule has 31 heavy (non-hydrogen) atoms. The number of para-hydroxylation sites is 1. The van der Waals surface area contributed by atoms with Crippen molar-refractivity contribution in [3.63, 3.8) is 0 Å². The zero-order valence-electron chi connectivity index (χ0n) is 17.1. The summed E-state index contributed by atoms with van der Waals surface area (Å²) in [5.74, 6) is 0.339. The molecule has 2 heterocycles. The van der Waals surface area contributed by atoms with Gasteiger partial charge in [-0.25, -0.2) is 15.1 Å². The highest BCUT2D eigenvalue weighted by molar-refractivity contribution is 6.01. The third-order valence-corrected chi connectivity index (χ3v) is 4.76. The highest BCUT2D eigenvalue weighted by Gasteiger charge is 2.30. The van der Waals surface area contributed by atoms with Crippen LogP contribution in [0.25, 0.3) is 5.69 Å². The summed E-state index contributed by atoms with van der Waals surface area (Å²) in [4.78, 5) is 33.6. The van der Waals surface area contributed by atoms with Gasteiger partial charge in [0.15, 0.2) is 5.75 Å². The molecule has 3 aromatic rings. The SMILES string of the molecule is CONC(=O)c1cnc(NC(=O)C2CC2)cc1Nc1cccc(-n2cccn2)c1OC. The van der Waals surface area contributed by atoms with Gasteiger partial charge >= 0.3 is 0 Å². The van der Waals surface area contributed by atoms with Crippen LogP contribution < -0.4 is 20.9 Å². The number of nitrogens with zero attached hydrogens (tertiary/aromatic N) is 3. The second-order valence-electron chi connectivity index (χ2n) is 6.95. The summed E-state index contributed by atoms with van der Waals surface area (Å²) in [5, 5.41) is 10.3. The number of nitrogens with one attached hydrogen (secondary N) is 3. The number of pyridine rings is 1. The Morgan fingerprint density at radius 1 is 1.16 bits per heavy atom. The van der Waals surface area contributed by atoms with Crippen molar-refractivity contribution in [2.24, 2.45) is 5.92 Å². The summed E-state index contributed by atoms with van der Waals surface area (Å²) in [6.45, 7) is 0. The number of carbonyl (C=O) groups is 2. The van der Waals surface area contributed by atoms with Crippen molar-refractivity contribution < 1.29 is 19.2 Å². The second-order valence-corrected chi connectivity index (χ2v) is 6.95. The molecule has 1 saturated carbocycles. The molecule has 2 amide bonds. The Hall–Kier alpha value is -3.92. The van der Waals surface area contributed by atoms with Gasteiger partial charge in [0, 0.05) is 30.6 Å². The first-order chi connectivity index (χ1) is 15.1. The molecule has 10 nitrogen and oxygen atoms in total. The molecule has 160 valence electrons. The average Bonchev–Trinajstić information content (AvgIpc) is 3.48. The zero-order chi connectivity index (χ0) is 21.8.